The van der Waals surface area contributed by atoms with E-state index in [4.69, 9.17) is 11.5 Å². The van der Waals surface area contributed by atoms with Crippen LogP contribution in [-0.2, 0) is 11.3 Å². The van der Waals surface area contributed by atoms with Gasteiger partial charge < -0.3 is 16.0 Å². The molecule has 0 unspecified atom stereocenters. The molecular weight excluding hydrogens is 258 g/mol. The van der Waals surface area contributed by atoms with E-state index >= 15 is 0 Å². The second-order valence-electron chi connectivity index (χ2n) is 4.25. The van der Waals surface area contributed by atoms with Crippen LogP contribution in [0.3, 0.4) is 0 Å². The topological polar surface area (TPSA) is 116 Å². The summed E-state index contributed by atoms with van der Waals surface area (Å²) in [6, 6.07) is 6.96. The van der Waals surface area contributed by atoms with Crippen LogP contribution in [0.4, 0.5) is 4.79 Å². The number of carbonyl (C=O) groups is 2. The lowest BCUT2D eigenvalue weighted by Gasteiger charge is -2.02. The molecule has 3 amide bonds. The first-order valence-corrected chi connectivity index (χ1v) is 6.02. The lowest BCUT2D eigenvalue weighted by atomic mass is 10.2. The standard InChI is InChI=1S/C13H15N5O2/c14-12(19)5-6-18-8-9(7-16-17-13(15)20)10-3-1-2-4-11(10)18/h1-4,7-8H,5-6H2,(H2,14,19)(H3,15,17,20). The summed E-state index contributed by atoms with van der Waals surface area (Å²) in [5, 5.41) is 4.71. The number of aromatic nitrogens is 1. The molecule has 5 N–H and O–H groups in total. The maximum Gasteiger partial charge on any atom is 0.332 e. The zero-order valence-electron chi connectivity index (χ0n) is 10.7. The van der Waals surface area contributed by atoms with Crippen molar-refractivity contribution < 1.29 is 9.59 Å². The van der Waals surface area contributed by atoms with Crippen LogP contribution in [0.15, 0.2) is 35.6 Å². The number of rotatable bonds is 5. The van der Waals surface area contributed by atoms with Gasteiger partial charge in [0.25, 0.3) is 0 Å². The zero-order valence-corrected chi connectivity index (χ0v) is 10.7. The molecule has 0 atom stereocenters. The fourth-order valence-corrected chi connectivity index (χ4v) is 1.96. The van der Waals surface area contributed by atoms with Crippen LogP contribution in [0, 0.1) is 0 Å². The first-order valence-electron chi connectivity index (χ1n) is 6.02. The second kappa shape index (κ2) is 5.87. The number of hydrogen-bond acceptors (Lipinski definition) is 3. The fourth-order valence-electron chi connectivity index (χ4n) is 1.96. The fraction of sp³-hybridized carbons (Fsp3) is 0.154. The molecular formula is C13H15N5O2. The Balaban J connectivity index is 2.32. The van der Waals surface area contributed by atoms with Crippen LogP contribution in [0.5, 0.6) is 0 Å². The van der Waals surface area contributed by atoms with Crippen molar-refractivity contribution in [2.45, 2.75) is 13.0 Å². The summed E-state index contributed by atoms with van der Waals surface area (Å²) in [7, 11) is 0. The molecule has 0 aliphatic heterocycles. The molecule has 0 spiro atoms. The molecule has 1 aromatic carbocycles. The monoisotopic (exact) mass is 273 g/mol. The highest BCUT2D eigenvalue weighted by Gasteiger charge is 2.07. The lowest BCUT2D eigenvalue weighted by molar-refractivity contribution is -0.118. The van der Waals surface area contributed by atoms with Crippen molar-refractivity contribution in [2.24, 2.45) is 16.6 Å². The highest BCUT2D eigenvalue weighted by molar-refractivity contribution is 5.99. The van der Waals surface area contributed by atoms with Gasteiger partial charge in [0.05, 0.1) is 6.21 Å². The SMILES string of the molecule is NC(=O)CCn1cc(C=NNC(N)=O)c2ccccc21. The molecule has 7 nitrogen and oxygen atoms in total. The molecule has 1 aromatic heterocycles. The molecule has 104 valence electrons. The van der Waals surface area contributed by atoms with E-state index in [1.165, 1.54) is 6.21 Å². The van der Waals surface area contributed by atoms with Gasteiger partial charge in [0, 0.05) is 35.6 Å². The zero-order chi connectivity index (χ0) is 14.5. The van der Waals surface area contributed by atoms with E-state index < -0.39 is 6.03 Å². The molecule has 0 fully saturated rings. The third-order valence-electron chi connectivity index (χ3n) is 2.80. The Bertz CT molecular complexity index is 674. The van der Waals surface area contributed by atoms with Gasteiger partial charge in [-0.2, -0.15) is 5.10 Å². The Hall–Kier alpha value is -2.83. The number of para-hydroxylation sites is 1. The third-order valence-corrected chi connectivity index (χ3v) is 2.80. The van der Waals surface area contributed by atoms with Crippen LogP contribution >= 0.6 is 0 Å². The van der Waals surface area contributed by atoms with Crippen LogP contribution in [0.1, 0.15) is 12.0 Å². The summed E-state index contributed by atoms with van der Waals surface area (Å²) < 4.78 is 1.92. The smallest absolute Gasteiger partial charge is 0.332 e. The molecule has 0 aliphatic rings. The first kappa shape index (κ1) is 13.6. The second-order valence-corrected chi connectivity index (χ2v) is 4.25. The maximum atomic E-state index is 10.9. The number of hydrazone groups is 1. The van der Waals surface area contributed by atoms with Crippen LogP contribution in [0.2, 0.25) is 0 Å². The Morgan fingerprint density at radius 1 is 1.30 bits per heavy atom. The summed E-state index contributed by atoms with van der Waals surface area (Å²) in [4.78, 5) is 21.5. The van der Waals surface area contributed by atoms with E-state index in [1.807, 2.05) is 35.0 Å². The largest absolute Gasteiger partial charge is 0.370 e. The lowest BCUT2D eigenvalue weighted by Crippen LogP contribution is -2.24. The van der Waals surface area contributed by atoms with Crippen molar-refractivity contribution in [3.63, 3.8) is 0 Å². The number of nitrogens with zero attached hydrogens (tertiary/aromatic N) is 2. The Morgan fingerprint density at radius 2 is 2.05 bits per heavy atom. The summed E-state index contributed by atoms with van der Waals surface area (Å²) in [5.41, 5.74) is 14.0. The first-order chi connectivity index (χ1) is 9.58. The van der Waals surface area contributed by atoms with Crippen LogP contribution in [-0.4, -0.2) is 22.7 Å². The van der Waals surface area contributed by atoms with Gasteiger partial charge in [0.1, 0.15) is 0 Å². The molecule has 2 rings (SSSR count). The quantitative estimate of drug-likeness (QED) is 0.544. The van der Waals surface area contributed by atoms with Gasteiger partial charge in [0.2, 0.25) is 5.91 Å². The van der Waals surface area contributed by atoms with Gasteiger partial charge in [-0.15, -0.1) is 0 Å². The average molecular weight is 273 g/mol. The highest BCUT2D eigenvalue weighted by atomic mass is 16.2. The van der Waals surface area contributed by atoms with Gasteiger partial charge >= 0.3 is 6.03 Å². The number of amides is 3. The van der Waals surface area contributed by atoms with E-state index in [2.05, 4.69) is 10.5 Å². The summed E-state index contributed by atoms with van der Waals surface area (Å²) in [5.74, 6) is -0.353. The predicted molar refractivity (Wildman–Crippen MR) is 76.1 cm³/mol. The number of primary amides is 2. The van der Waals surface area contributed by atoms with Crippen molar-refractivity contribution >= 4 is 29.1 Å². The molecule has 0 bridgehead atoms. The minimum atomic E-state index is -0.723. The molecule has 2 aromatic rings. The number of nitrogens with one attached hydrogen (secondary N) is 1. The van der Waals surface area contributed by atoms with Crippen molar-refractivity contribution in [1.29, 1.82) is 0 Å². The number of urea groups is 1. The Morgan fingerprint density at radius 3 is 2.75 bits per heavy atom. The summed E-state index contributed by atoms with van der Waals surface area (Å²) in [6.07, 6.45) is 3.61. The summed E-state index contributed by atoms with van der Waals surface area (Å²) in [6.45, 7) is 0.493. The molecule has 0 aliphatic carbocycles. The molecule has 20 heavy (non-hydrogen) atoms. The molecule has 0 radical (unpaired) electrons. The van der Waals surface area contributed by atoms with Crippen molar-refractivity contribution in [3.8, 4) is 0 Å². The van der Waals surface area contributed by atoms with E-state index in [-0.39, 0.29) is 12.3 Å². The van der Waals surface area contributed by atoms with E-state index in [9.17, 15) is 9.59 Å². The molecule has 1 heterocycles. The van der Waals surface area contributed by atoms with Crippen LogP contribution < -0.4 is 16.9 Å². The third kappa shape index (κ3) is 3.14. The van der Waals surface area contributed by atoms with Crippen molar-refractivity contribution in [3.05, 3.63) is 36.0 Å². The van der Waals surface area contributed by atoms with Crippen molar-refractivity contribution in [2.75, 3.05) is 0 Å². The van der Waals surface area contributed by atoms with Crippen molar-refractivity contribution in [1.82, 2.24) is 9.99 Å². The predicted octanol–water partition coefficient (Wildman–Crippen LogP) is 0.519. The number of carbonyl (C=O) groups excluding carboxylic acids is 2. The number of aryl methyl sites for hydroxylation is 1. The van der Waals surface area contributed by atoms with Gasteiger partial charge in [-0.1, -0.05) is 18.2 Å². The van der Waals surface area contributed by atoms with Crippen LogP contribution in [0.25, 0.3) is 10.9 Å². The van der Waals surface area contributed by atoms with E-state index in [0.717, 1.165) is 16.5 Å². The van der Waals surface area contributed by atoms with Gasteiger partial charge in [-0.25, -0.2) is 10.2 Å². The number of hydrogen-bond donors (Lipinski definition) is 3. The highest BCUT2D eigenvalue weighted by Crippen LogP contribution is 2.20. The van der Waals surface area contributed by atoms with E-state index in [0.29, 0.717) is 6.54 Å². The Labute approximate surface area is 115 Å². The van der Waals surface area contributed by atoms with Gasteiger partial charge in [0.15, 0.2) is 0 Å². The van der Waals surface area contributed by atoms with Gasteiger partial charge in [-0.05, 0) is 6.07 Å². The molecule has 0 saturated carbocycles. The summed E-state index contributed by atoms with van der Waals surface area (Å²) >= 11 is 0. The normalized spacial score (nSPS) is 11.0. The Kier molecular flexibility index (Phi) is 3.99. The minimum absolute atomic E-state index is 0.259. The minimum Gasteiger partial charge on any atom is -0.370 e. The number of fused-ring (bicyclic) bond motifs is 1. The molecule has 0 saturated heterocycles. The average Bonchev–Trinajstić information content (AvgIpc) is 2.75. The van der Waals surface area contributed by atoms with Gasteiger partial charge in [-0.3, -0.25) is 4.79 Å². The number of nitrogens with two attached hydrogens (primary N) is 2. The van der Waals surface area contributed by atoms with E-state index in [1.54, 1.807) is 0 Å². The maximum absolute atomic E-state index is 10.9. The molecule has 7 heteroatoms. The number of benzene rings is 1.